The second kappa shape index (κ2) is 6.11. The maximum atomic E-state index is 9.84. The highest BCUT2D eigenvalue weighted by molar-refractivity contribution is 6.31. The minimum atomic E-state index is -0.477. The normalized spacial score (nSPS) is 12.8. The van der Waals surface area contributed by atoms with Crippen LogP contribution in [0.3, 0.4) is 0 Å². The van der Waals surface area contributed by atoms with Gasteiger partial charge in [0.2, 0.25) is 0 Å². The standard InChI is InChI=1S/C12H18ClNO/c1-3-6-14-8-12(15)10-5-4-9(2)11(13)7-10/h4-5,7,12,14-15H,3,6,8H2,1-2H3. The fourth-order valence-electron chi connectivity index (χ4n) is 1.35. The molecule has 1 atom stereocenters. The van der Waals surface area contributed by atoms with Crippen LogP contribution in [0.4, 0.5) is 0 Å². The Morgan fingerprint density at radius 1 is 1.47 bits per heavy atom. The zero-order valence-corrected chi connectivity index (χ0v) is 10.0. The van der Waals surface area contributed by atoms with Gasteiger partial charge in [-0.3, -0.25) is 0 Å². The molecule has 3 heteroatoms. The van der Waals surface area contributed by atoms with Crippen LogP contribution >= 0.6 is 11.6 Å². The zero-order valence-electron chi connectivity index (χ0n) is 9.26. The summed E-state index contributed by atoms with van der Waals surface area (Å²) in [6.07, 6.45) is 0.594. The van der Waals surface area contributed by atoms with E-state index in [9.17, 15) is 5.11 Å². The lowest BCUT2D eigenvalue weighted by atomic mass is 10.1. The van der Waals surface area contributed by atoms with Crippen molar-refractivity contribution in [1.82, 2.24) is 5.32 Å². The van der Waals surface area contributed by atoms with E-state index in [1.165, 1.54) is 0 Å². The number of aliphatic hydroxyl groups excluding tert-OH is 1. The molecule has 0 aliphatic rings. The lowest BCUT2D eigenvalue weighted by Gasteiger charge is -2.12. The molecule has 15 heavy (non-hydrogen) atoms. The van der Waals surface area contributed by atoms with E-state index in [1.54, 1.807) is 0 Å². The molecular formula is C12H18ClNO. The molecular weight excluding hydrogens is 210 g/mol. The highest BCUT2D eigenvalue weighted by Gasteiger charge is 2.07. The van der Waals surface area contributed by atoms with Crippen molar-refractivity contribution >= 4 is 11.6 Å². The molecule has 1 aromatic rings. The van der Waals surface area contributed by atoms with E-state index >= 15 is 0 Å². The molecule has 0 spiro atoms. The number of rotatable bonds is 5. The van der Waals surface area contributed by atoms with Crippen molar-refractivity contribution < 1.29 is 5.11 Å². The van der Waals surface area contributed by atoms with Crippen LogP contribution in [0.2, 0.25) is 5.02 Å². The third-order valence-corrected chi connectivity index (χ3v) is 2.75. The lowest BCUT2D eigenvalue weighted by molar-refractivity contribution is 0.175. The Bertz CT molecular complexity index is 314. The fraction of sp³-hybridized carbons (Fsp3) is 0.500. The number of hydrogen-bond acceptors (Lipinski definition) is 2. The van der Waals surface area contributed by atoms with E-state index in [1.807, 2.05) is 25.1 Å². The van der Waals surface area contributed by atoms with Gasteiger partial charge in [0.15, 0.2) is 0 Å². The molecule has 1 rings (SSSR count). The molecule has 0 aliphatic carbocycles. The third-order valence-electron chi connectivity index (χ3n) is 2.35. The summed E-state index contributed by atoms with van der Waals surface area (Å²) in [6.45, 7) is 5.56. The number of nitrogens with one attached hydrogen (secondary N) is 1. The second-order valence-corrected chi connectivity index (χ2v) is 4.14. The van der Waals surface area contributed by atoms with Gasteiger partial charge >= 0.3 is 0 Å². The average Bonchev–Trinajstić information content (AvgIpc) is 2.22. The summed E-state index contributed by atoms with van der Waals surface area (Å²) in [5.41, 5.74) is 1.91. The first-order chi connectivity index (χ1) is 7.15. The smallest absolute Gasteiger partial charge is 0.0914 e. The highest BCUT2D eigenvalue weighted by atomic mass is 35.5. The number of halogens is 1. The average molecular weight is 228 g/mol. The van der Waals surface area contributed by atoms with Crippen molar-refractivity contribution in [2.45, 2.75) is 26.4 Å². The first kappa shape index (κ1) is 12.5. The van der Waals surface area contributed by atoms with E-state index < -0.39 is 6.10 Å². The van der Waals surface area contributed by atoms with E-state index in [2.05, 4.69) is 12.2 Å². The molecule has 0 radical (unpaired) electrons. The van der Waals surface area contributed by atoms with E-state index in [4.69, 9.17) is 11.6 Å². The van der Waals surface area contributed by atoms with Gasteiger partial charge in [0.05, 0.1) is 6.10 Å². The number of hydrogen-bond donors (Lipinski definition) is 2. The van der Waals surface area contributed by atoms with Gasteiger partial charge in [-0.05, 0) is 37.1 Å². The minimum Gasteiger partial charge on any atom is -0.387 e. The minimum absolute atomic E-state index is 0.477. The molecule has 2 nitrogen and oxygen atoms in total. The molecule has 0 heterocycles. The number of aryl methyl sites for hydroxylation is 1. The summed E-state index contributed by atoms with van der Waals surface area (Å²) in [6, 6.07) is 5.68. The molecule has 84 valence electrons. The van der Waals surface area contributed by atoms with Crippen LogP contribution in [0.25, 0.3) is 0 Å². The Hall–Kier alpha value is -0.570. The summed E-state index contributed by atoms with van der Waals surface area (Å²) in [5, 5.41) is 13.7. The van der Waals surface area contributed by atoms with Gasteiger partial charge in [-0.25, -0.2) is 0 Å². The van der Waals surface area contributed by atoms with Crippen LogP contribution in [-0.2, 0) is 0 Å². The van der Waals surface area contributed by atoms with E-state index in [0.717, 1.165) is 24.1 Å². The zero-order chi connectivity index (χ0) is 11.3. The van der Waals surface area contributed by atoms with Crippen molar-refractivity contribution in [2.75, 3.05) is 13.1 Å². The van der Waals surface area contributed by atoms with Crippen molar-refractivity contribution in [1.29, 1.82) is 0 Å². The van der Waals surface area contributed by atoms with Gasteiger partial charge < -0.3 is 10.4 Å². The topological polar surface area (TPSA) is 32.3 Å². The van der Waals surface area contributed by atoms with E-state index in [0.29, 0.717) is 11.6 Å². The van der Waals surface area contributed by atoms with Gasteiger partial charge in [-0.2, -0.15) is 0 Å². The first-order valence-electron chi connectivity index (χ1n) is 5.30. The Morgan fingerprint density at radius 2 is 2.20 bits per heavy atom. The largest absolute Gasteiger partial charge is 0.387 e. The summed E-state index contributed by atoms with van der Waals surface area (Å²) in [7, 11) is 0. The lowest BCUT2D eigenvalue weighted by Crippen LogP contribution is -2.22. The fourth-order valence-corrected chi connectivity index (χ4v) is 1.54. The van der Waals surface area contributed by atoms with Gasteiger partial charge in [0, 0.05) is 11.6 Å². The first-order valence-corrected chi connectivity index (χ1v) is 5.67. The summed E-state index contributed by atoms with van der Waals surface area (Å²) in [5.74, 6) is 0. The maximum Gasteiger partial charge on any atom is 0.0914 e. The molecule has 1 aromatic carbocycles. The Kier molecular flexibility index (Phi) is 5.09. The Morgan fingerprint density at radius 3 is 2.80 bits per heavy atom. The van der Waals surface area contributed by atoms with Crippen molar-refractivity contribution in [3.8, 4) is 0 Å². The molecule has 2 N–H and O–H groups in total. The van der Waals surface area contributed by atoms with Crippen LogP contribution in [0.5, 0.6) is 0 Å². The van der Waals surface area contributed by atoms with Gasteiger partial charge in [-0.15, -0.1) is 0 Å². The molecule has 0 saturated heterocycles. The molecule has 0 bridgehead atoms. The van der Waals surface area contributed by atoms with Crippen LogP contribution in [0, 0.1) is 6.92 Å². The summed E-state index contributed by atoms with van der Waals surface area (Å²) in [4.78, 5) is 0. The van der Waals surface area contributed by atoms with E-state index in [-0.39, 0.29) is 0 Å². The quantitative estimate of drug-likeness (QED) is 0.759. The highest BCUT2D eigenvalue weighted by Crippen LogP contribution is 2.20. The molecule has 0 aromatic heterocycles. The summed E-state index contributed by atoms with van der Waals surface area (Å²) >= 11 is 5.99. The monoisotopic (exact) mass is 227 g/mol. The van der Waals surface area contributed by atoms with Gasteiger partial charge in [-0.1, -0.05) is 30.7 Å². The second-order valence-electron chi connectivity index (χ2n) is 3.73. The molecule has 1 unspecified atom stereocenters. The Labute approximate surface area is 96.3 Å². The van der Waals surface area contributed by atoms with Crippen LogP contribution < -0.4 is 5.32 Å². The molecule has 0 amide bonds. The van der Waals surface area contributed by atoms with Gasteiger partial charge in [0.1, 0.15) is 0 Å². The molecule has 0 saturated carbocycles. The SMILES string of the molecule is CCCNCC(O)c1ccc(C)c(Cl)c1. The maximum absolute atomic E-state index is 9.84. The van der Waals surface area contributed by atoms with Crippen LogP contribution in [0.1, 0.15) is 30.6 Å². The van der Waals surface area contributed by atoms with Crippen molar-refractivity contribution in [2.24, 2.45) is 0 Å². The summed E-state index contributed by atoms with van der Waals surface area (Å²) < 4.78 is 0. The predicted octanol–water partition coefficient (Wildman–Crippen LogP) is 2.68. The van der Waals surface area contributed by atoms with Gasteiger partial charge in [0.25, 0.3) is 0 Å². The number of aliphatic hydroxyl groups is 1. The van der Waals surface area contributed by atoms with Crippen molar-refractivity contribution in [3.05, 3.63) is 34.3 Å². The third kappa shape index (κ3) is 3.82. The van der Waals surface area contributed by atoms with Crippen LogP contribution in [-0.4, -0.2) is 18.2 Å². The number of benzene rings is 1. The van der Waals surface area contributed by atoms with Crippen molar-refractivity contribution in [3.63, 3.8) is 0 Å². The van der Waals surface area contributed by atoms with Crippen LogP contribution in [0.15, 0.2) is 18.2 Å². The molecule has 0 fully saturated rings. The predicted molar refractivity (Wildman–Crippen MR) is 64.3 cm³/mol. The Balaban J connectivity index is 2.57. The molecule has 0 aliphatic heterocycles.